The fraction of sp³-hybridized carbons (Fsp3) is 0.647. The minimum Gasteiger partial charge on any atom is -0.366 e. The molecule has 1 aliphatic rings. The van der Waals surface area contributed by atoms with Gasteiger partial charge in [-0.3, -0.25) is 4.90 Å². The van der Waals surface area contributed by atoms with Crippen LogP contribution in [0, 0.1) is 5.82 Å². The lowest BCUT2D eigenvalue weighted by Crippen LogP contribution is -2.55. The van der Waals surface area contributed by atoms with Crippen molar-refractivity contribution in [2.45, 2.75) is 45.8 Å². The van der Waals surface area contributed by atoms with Crippen molar-refractivity contribution in [3.05, 3.63) is 29.6 Å². The number of nitrogens with zero attached hydrogens (tertiary/aromatic N) is 2. The number of piperazine rings is 1. The van der Waals surface area contributed by atoms with Crippen molar-refractivity contribution < 1.29 is 4.39 Å². The Bertz CT molecular complexity index is 465. The summed E-state index contributed by atoms with van der Waals surface area (Å²) < 4.78 is 14.5. The standard InChI is InChI=1S/C17H28FN3/c1-6-19-14(4)15-7-8-17(16(18)9-15)21-10-12(2)20(5)13(3)11-21/h7-9,12-14,19H,6,10-11H2,1-5H3. The Morgan fingerprint density at radius 1 is 1.29 bits per heavy atom. The van der Waals surface area contributed by atoms with Crippen LogP contribution in [0.2, 0.25) is 0 Å². The third-order valence-corrected chi connectivity index (χ3v) is 4.68. The smallest absolute Gasteiger partial charge is 0.146 e. The predicted octanol–water partition coefficient (Wildman–Crippen LogP) is 3.03. The van der Waals surface area contributed by atoms with E-state index >= 15 is 0 Å². The predicted molar refractivity (Wildman–Crippen MR) is 87.4 cm³/mol. The first-order chi connectivity index (χ1) is 9.93. The summed E-state index contributed by atoms with van der Waals surface area (Å²) in [6.45, 7) is 11.2. The normalized spacial score (nSPS) is 25.1. The molecule has 1 aromatic carbocycles. The fourth-order valence-electron chi connectivity index (χ4n) is 3.07. The van der Waals surface area contributed by atoms with Crippen LogP contribution in [0.25, 0.3) is 0 Å². The maximum Gasteiger partial charge on any atom is 0.146 e. The van der Waals surface area contributed by atoms with Crippen LogP contribution >= 0.6 is 0 Å². The van der Waals surface area contributed by atoms with Crippen LogP contribution in [-0.2, 0) is 0 Å². The summed E-state index contributed by atoms with van der Waals surface area (Å²) in [4.78, 5) is 4.53. The van der Waals surface area contributed by atoms with Gasteiger partial charge in [0.2, 0.25) is 0 Å². The number of anilines is 1. The van der Waals surface area contributed by atoms with Crippen LogP contribution in [0.5, 0.6) is 0 Å². The summed E-state index contributed by atoms with van der Waals surface area (Å²) in [5.41, 5.74) is 1.74. The second-order valence-corrected chi connectivity index (χ2v) is 6.26. The second kappa shape index (κ2) is 6.75. The second-order valence-electron chi connectivity index (χ2n) is 6.26. The molecule has 1 aliphatic heterocycles. The summed E-state index contributed by atoms with van der Waals surface area (Å²) in [6, 6.07) is 6.71. The molecule has 0 bridgehead atoms. The maximum atomic E-state index is 14.5. The molecule has 118 valence electrons. The van der Waals surface area contributed by atoms with E-state index in [9.17, 15) is 4.39 Å². The van der Waals surface area contributed by atoms with Crippen LogP contribution in [0.1, 0.15) is 39.3 Å². The van der Waals surface area contributed by atoms with Crippen LogP contribution in [0.4, 0.5) is 10.1 Å². The molecule has 0 spiro atoms. The zero-order chi connectivity index (χ0) is 15.6. The number of rotatable bonds is 4. The topological polar surface area (TPSA) is 18.5 Å². The van der Waals surface area contributed by atoms with E-state index in [1.807, 2.05) is 12.1 Å². The highest BCUT2D eigenvalue weighted by atomic mass is 19.1. The van der Waals surface area contributed by atoms with Crippen LogP contribution < -0.4 is 10.2 Å². The first kappa shape index (κ1) is 16.2. The van der Waals surface area contributed by atoms with E-state index in [1.54, 1.807) is 6.07 Å². The lowest BCUT2D eigenvalue weighted by atomic mass is 10.0. The van der Waals surface area contributed by atoms with Crippen molar-refractivity contribution in [1.29, 1.82) is 0 Å². The van der Waals surface area contributed by atoms with Crippen molar-refractivity contribution in [2.75, 3.05) is 31.6 Å². The fourth-order valence-corrected chi connectivity index (χ4v) is 3.07. The zero-order valence-electron chi connectivity index (χ0n) is 13.9. The van der Waals surface area contributed by atoms with Gasteiger partial charge >= 0.3 is 0 Å². The average Bonchev–Trinajstić information content (AvgIpc) is 2.44. The summed E-state index contributed by atoms with van der Waals surface area (Å²) in [7, 11) is 2.14. The van der Waals surface area contributed by atoms with Gasteiger partial charge in [-0.25, -0.2) is 4.39 Å². The molecule has 3 nitrogen and oxygen atoms in total. The summed E-state index contributed by atoms with van der Waals surface area (Å²) >= 11 is 0. The van der Waals surface area contributed by atoms with Crippen LogP contribution in [-0.4, -0.2) is 43.7 Å². The van der Waals surface area contributed by atoms with Gasteiger partial charge in [-0.1, -0.05) is 13.0 Å². The molecule has 3 unspecified atom stereocenters. The van der Waals surface area contributed by atoms with Gasteiger partial charge in [0.15, 0.2) is 0 Å². The van der Waals surface area contributed by atoms with Gasteiger partial charge in [0.25, 0.3) is 0 Å². The summed E-state index contributed by atoms with van der Waals surface area (Å²) in [6.07, 6.45) is 0. The van der Waals surface area contributed by atoms with Crippen molar-refractivity contribution >= 4 is 5.69 Å². The van der Waals surface area contributed by atoms with E-state index in [0.29, 0.717) is 12.1 Å². The van der Waals surface area contributed by atoms with E-state index in [2.05, 4.69) is 49.9 Å². The Kier molecular flexibility index (Phi) is 5.22. The van der Waals surface area contributed by atoms with E-state index in [-0.39, 0.29) is 11.9 Å². The highest BCUT2D eigenvalue weighted by Crippen LogP contribution is 2.26. The molecule has 21 heavy (non-hydrogen) atoms. The minimum absolute atomic E-state index is 0.110. The third kappa shape index (κ3) is 3.55. The number of halogens is 1. The Morgan fingerprint density at radius 3 is 2.43 bits per heavy atom. The molecular weight excluding hydrogens is 265 g/mol. The van der Waals surface area contributed by atoms with Crippen molar-refractivity contribution in [2.24, 2.45) is 0 Å². The van der Waals surface area contributed by atoms with Gasteiger partial charge in [-0.05, 0) is 52.1 Å². The Hall–Kier alpha value is -1.13. The largest absolute Gasteiger partial charge is 0.366 e. The van der Waals surface area contributed by atoms with Gasteiger partial charge < -0.3 is 10.2 Å². The quantitative estimate of drug-likeness (QED) is 0.920. The molecular formula is C17H28FN3. The molecule has 0 aliphatic carbocycles. The van der Waals surface area contributed by atoms with E-state index in [4.69, 9.17) is 0 Å². The molecule has 1 aromatic rings. The number of benzene rings is 1. The van der Waals surface area contributed by atoms with Crippen molar-refractivity contribution in [3.63, 3.8) is 0 Å². The Balaban J connectivity index is 2.17. The molecule has 4 heteroatoms. The molecule has 2 rings (SSSR count). The van der Waals surface area contributed by atoms with Gasteiger partial charge in [-0.15, -0.1) is 0 Å². The lowest BCUT2D eigenvalue weighted by molar-refractivity contribution is 0.169. The average molecular weight is 293 g/mol. The van der Waals surface area contributed by atoms with Gasteiger partial charge in [0.1, 0.15) is 5.82 Å². The van der Waals surface area contributed by atoms with Gasteiger partial charge in [-0.2, -0.15) is 0 Å². The minimum atomic E-state index is -0.110. The van der Waals surface area contributed by atoms with E-state index in [0.717, 1.165) is 30.9 Å². The van der Waals surface area contributed by atoms with E-state index in [1.165, 1.54) is 0 Å². The van der Waals surface area contributed by atoms with Gasteiger partial charge in [0, 0.05) is 31.2 Å². The molecule has 0 aromatic heterocycles. The number of hydrogen-bond donors (Lipinski definition) is 1. The van der Waals surface area contributed by atoms with Crippen molar-refractivity contribution in [1.82, 2.24) is 10.2 Å². The summed E-state index contributed by atoms with van der Waals surface area (Å²) in [5.74, 6) is -0.110. The first-order valence-corrected chi connectivity index (χ1v) is 7.93. The molecule has 1 saturated heterocycles. The number of likely N-dealkylation sites (N-methyl/N-ethyl adjacent to an activating group) is 1. The molecule has 1 N–H and O–H groups in total. The van der Waals surface area contributed by atoms with Crippen molar-refractivity contribution in [3.8, 4) is 0 Å². The monoisotopic (exact) mass is 293 g/mol. The van der Waals surface area contributed by atoms with Crippen LogP contribution in [0.15, 0.2) is 18.2 Å². The molecule has 0 saturated carbocycles. The number of hydrogen-bond acceptors (Lipinski definition) is 3. The molecule has 1 heterocycles. The Morgan fingerprint density at radius 2 is 1.90 bits per heavy atom. The van der Waals surface area contributed by atoms with Crippen LogP contribution in [0.3, 0.4) is 0 Å². The Labute approximate surface area is 128 Å². The summed E-state index contributed by atoms with van der Waals surface area (Å²) in [5, 5.41) is 3.32. The zero-order valence-corrected chi connectivity index (χ0v) is 13.9. The molecule has 1 fully saturated rings. The first-order valence-electron chi connectivity index (χ1n) is 7.93. The highest BCUT2D eigenvalue weighted by molar-refractivity contribution is 5.50. The maximum absolute atomic E-state index is 14.5. The molecule has 3 atom stereocenters. The molecule has 0 amide bonds. The number of nitrogens with one attached hydrogen (secondary N) is 1. The van der Waals surface area contributed by atoms with E-state index < -0.39 is 0 Å². The highest BCUT2D eigenvalue weighted by Gasteiger charge is 2.28. The SMILES string of the molecule is CCNC(C)c1ccc(N2CC(C)N(C)C(C)C2)c(F)c1. The van der Waals surface area contributed by atoms with Gasteiger partial charge in [0.05, 0.1) is 5.69 Å². The third-order valence-electron chi connectivity index (χ3n) is 4.68. The lowest BCUT2D eigenvalue weighted by Gasteiger charge is -2.43. The molecule has 0 radical (unpaired) electrons.